The average Bonchev–Trinajstić information content (AvgIpc) is 2.64. The summed E-state index contributed by atoms with van der Waals surface area (Å²) in [6, 6.07) is 4.23. The number of anilines is 1. The molecular weight excluding hydrogens is 264 g/mol. The van der Waals surface area contributed by atoms with Gasteiger partial charge in [-0.2, -0.15) is 0 Å². The summed E-state index contributed by atoms with van der Waals surface area (Å²) >= 11 is 0. The van der Waals surface area contributed by atoms with Gasteiger partial charge < -0.3 is 10.1 Å². The highest BCUT2D eigenvalue weighted by atomic mass is 16.5. The van der Waals surface area contributed by atoms with E-state index in [1.807, 2.05) is 0 Å². The number of nitrogens with zero attached hydrogens (tertiary/aromatic N) is 1. The van der Waals surface area contributed by atoms with Gasteiger partial charge >= 0.3 is 11.9 Å². The maximum Gasteiger partial charge on any atom is 0.397 e. The van der Waals surface area contributed by atoms with E-state index in [4.69, 9.17) is 0 Å². The number of ether oxygens (including phenoxy) is 1. The topological polar surface area (TPSA) is 92.8 Å². The van der Waals surface area contributed by atoms with Gasteiger partial charge in [0.05, 0.1) is 17.7 Å². The molecule has 0 unspecified atom stereocenters. The highest BCUT2D eigenvalue weighted by molar-refractivity contribution is 6.37. The molecular formula is C13H12N2O5. The standard InChI is InChI=1S/C13H12N2O5/c1-3-20-13(19)10(16)14-7-4-5-8-9(6-7)12(18)15(2)11(8)17/h4-6H,3H2,1-2H3,(H,14,16). The zero-order valence-electron chi connectivity index (χ0n) is 10.9. The van der Waals surface area contributed by atoms with Crippen molar-refractivity contribution in [3.8, 4) is 0 Å². The third-order valence-corrected chi connectivity index (χ3v) is 2.81. The lowest BCUT2D eigenvalue weighted by Gasteiger charge is -2.05. The molecule has 7 nitrogen and oxygen atoms in total. The van der Waals surface area contributed by atoms with Gasteiger partial charge in [0.15, 0.2) is 0 Å². The maximum absolute atomic E-state index is 11.8. The Hall–Kier alpha value is -2.70. The van der Waals surface area contributed by atoms with Crippen molar-refractivity contribution in [1.29, 1.82) is 0 Å². The van der Waals surface area contributed by atoms with Crippen molar-refractivity contribution in [1.82, 2.24) is 4.90 Å². The number of rotatable bonds is 2. The highest BCUT2D eigenvalue weighted by Gasteiger charge is 2.32. The maximum atomic E-state index is 11.8. The number of benzene rings is 1. The molecule has 2 rings (SSSR count). The minimum Gasteiger partial charge on any atom is -0.459 e. The molecule has 1 aromatic rings. The third-order valence-electron chi connectivity index (χ3n) is 2.81. The number of esters is 1. The van der Waals surface area contributed by atoms with E-state index < -0.39 is 23.7 Å². The number of nitrogens with one attached hydrogen (secondary N) is 1. The molecule has 1 aromatic carbocycles. The molecule has 1 aliphatic heterocycles. The van der Waals surface area contributed by atoms with Crippen LogP contribution in [0.1, 0.15) is 27.6 Å². The highest BCUT2D eigenvalue weighted by Crippen LogP contribution is 2.24. The van der Waals surface area contributed by atoms with Gasteiger partial charge in [0, 0.05) is 12.7 Å². The second-order valence-electron chi connectivity index (χ2n) is 4.10. The van der Waals surface area contributed by atoms with E-state index >= 15 is 0 Å². The van der Waals surface area contributed by atoms with Crippen molar-refractivity contribution in [2.24, 2.45) is 0 Å². The molecule has 3 amide bonds. The Kier molecular flexibility index (Phi) is 3.51. The molecule has 0 saturated carbocycles. The normalized spacial score (nSPS) is 13.2. The first-order valence-electron chi connectivity index (χ1n) is 5.90. The molecule has 7 heteroatoms. The van der Waals surface area contributed by atoms with Gasteiger partial charge in [0.1, 0.15) is 0 Å². The van der Waals surface area contributed by atoms with Gasteiger partial charge in [-0.05, 0) is 25.1 Å². The van der Waals surface area contributed by atoms with E-state index in [2.05, 4.69) is 10.1 Å². The monoisotopic (exact) mass is 276 g/mol. The van der Waals surface area contributed by atoms with Crippen LogP contribution < -0.4 is 5.32 Å². The van der Waals surface area contributed by atoms with Gasteiger partial charge in [-0.25, -0.2) is 4.79 Å². The quantitative estimate of drug-likeness (QED) is 0.480. The Morgan fingerprint density at radius 2 is 1.85 bits per heavy atom. The average molecular weight is 276 g/mol. The molecule has 0 atom stereocenters. The number of fused-ring (bicyclic) bond motifs is 1. The molecule has 0 radical (unpaired) electrons. The molecule has 0 spiro atoms. The fourth-order valence-corrected chi connectivity index (χ4v) is 1.82. The Balaban J connectivity index is 2.22. The molecule has 0 aliphatic carbocycles. The fraction of sp³-hybridized carbons (Fsp3) is 0.231. The van der Waals surface area contributed by atoms with Gasteiger partial charge in [0.2, 0.25) is 0 Å². The second kappa shape index (κ2) is 5.12. The van der Waals surface area contributed by atoms with Crippen molar-refractivity contribution in [2.45, 2.75) is 6.92 Å². The first-order chi connectivity index (χ1) is 9.45. The number of amides is 3. The second-order valence-corrected chi connectivity index (χ2v) is 4.10. The minimum absolute atomic E-state index is 0.0915. The largest absolute Gasteiger partial charge is 0.459 e. The van der Waals surface area contributed by atoms with E-state index in [0.717, 1.165) is 4.90 Å². The molecule has 20 heavy (non-hydrogen) atoms. The lowest BCUT2D eigenvalue weighted by molar-refractivity contribution is -0.152. The number of imide groups is 1. The number of carbonyl (C=O) groups is 4. The van der Waals surface area contributed by atoms with Crippen LogP contribution in [-0.2, 0) is 14.3 Å². The van der Waals surface area contributed by atoms with Crippen molar-refractivity contribution < 1.29 is 23.9 Å². The van der Waals surface area contributed by atoms with Gasteiger partial charge in [0.25, 0.3) is 11.8 Å². The van der Waals surface area contributed by atoms with Crippen LogP contribution in [0.15, 0.2) is 18.2 Å². The first kappa shape index (κ1) is 13.7. The van der Waals surface area contributed by atoms with E-state index in [-0.39, 0.29) is 23.4 Å². The van der Waals surface area contributed by atoms with E-state index in [1.54, 1.807) is 6.92 Å². The molecule has 1 N–H and O–H groups in total. The molecule has 1 heterocycles. The van der Waals surface area contributed by atoms with Crippen LogP contribution in [-0.4, -0.2) is 42.2 Å². The van der Waals surface area contributed by atoms with Crippen molar-refractivity contribution in [3.63, 3.8) is 0 Å². The molecule has 1 aliphatic rings. The Labute approximate surface area is 114 Å². The summed E-state index contributed by atoms with van der Waals surface area (Å²) in [6.45, 7) is 1.68. The van der Waals surface area contributed by atoms with E-state index in [9.17, 15) is 19.2 Å². The van der Waals surface area contributed by atoms with Crippen molar-refractivity contribution in [2.75, 3.05) is 19.0 Å². The van der Waals surface area contributed by atoms with Gasteiger partial charge in [-0.3, -0.25) is 19.3 Å². The lowest BCUT2D eigenvalue weighted by Crippen LogP contribution is -2.25. The number of hydrogen-bond acceptors (Lipinski definition) is 5. The first-order valence-corrected chi connectivity index (χ1v) is 5.90. The van der Waals surface area contributed by atoms with E-state index in [1.165, 1.54) is 25.2 Å². The van der Waals surface area contributed by atoms with E-state index in [0.29, 0.717) is 0 Å². The minimum atomic E-state index is -1.01. The summed E-state index contributed by atoms with van der Waals surface area (Å²) in [7, 11) is 1.38. The van der Waals surface area contributed by atoms with Crippen LogP contribution in [0.2, 0.25) is 0 Å². The Morgan fingerprint density at radius 1 is 1.20 bits per heavy atom. The van der Waals surface area contributed by atoms with Crippen LogP contribution in [0, 0.1) is 0 Å². The summed E-state index contributed by atoms with van der Waals surface area (Å²) in [5.74, 6) is -2.78. The SMILES string of the molecule is CCOC(=O)C(=O)Nc1ccc2c(c1)C(=O)N(C)C2=O. The molecule has 0 fully saturated rings. The van der Waals surface area contributed by atoms with Crippen LogP contribution in [0.25, 0.3) is 0 Å². The summed E-state index contributed by atoms with van der Waals surface area (Å²) < 4.78 is 4.54. The summed E-state index contributed by atoms with van der Waals surface area (Å²) in [4.78, 5) is 47.1. The van der Waals surface area contributed by atoms with Gasteiger partial charge in [-0.15, -0.1) is 0 Å². The Bertz CT molecular complexity index is 623. The molecule has 104 valence electrons. The molecule has 0 aromatic heterocycles. The zero-order chi connectivity index (χ0) is 14.9. The summed E-state index contributed by atoms with van der Waals surface area (Å²) in [5, 5.41) is 2.31. The van der Waals surface area contributed by atoms with Crippen molar-refractivity contribution >= 4 is 29.4 Å². The summed E-state index contributed by atoms with van der Waals surface area (Å²) in [5.41, 5.74) is 0.712. The summed E-state index contributed by atoms with van der Waals surface area (Å²) in [6.07, 6.45) is 0. The number of hydrogen-bond donors (Lipinski definition) is 1. The van der Waals surface area contributed by atoms with Crippen LogP contribution in [0.4, 0.5) is 5.69 Å². The predicted molar refractivity (Wildman–Crippen MR) is 68.1 cm³/mol. The Morgan fingerprint density at radius 3 is 2.50 bits per heavy atom. The van der Waals surface area contributed by atoms with Gasteiger partial charge in [-0.1, -0.05) is 0 Å². The number of carbonyl (C=O) groups excluding carboxylic acids is 4. The smallest absolute Gasteiger partial charge is 0.397 e. The lowest BCUT2D eigenvalue weighted by atomic mass is 10.1. The predicted octanol–water partition coefficient (Wildman–Crippen LogP) is 0.414. The van der Waals surface area contributed by atoms with Crippen LogP contribution >= 0.6 is 0 Å². The zero-order valence-corrected chi connectivity index (χ0v) is 10.9. The molecule has 0 bridgehead atoms. The van der Waals surface area contributed by atoms with Crippen molar-refractivity contribution in [3.05, 3.63) is 29.3 Å². The fourth-order valence-electron chi connectivity index (χ4n) is 1.82. The third kappa shape index (κ3) is 2.25. The van der Waals surface area contributed by atoms with Crippen LogP contribution in [0.5, 0.6) is 0 Å². The molecule has 0 saturated heterocycles. The van der Waals surface area contributed by atoms with Crippen LogP contribution in [0.3, 0.4) is 0 Å².